The highest BCUT2D eigenvalue weighted by Crippen LogP contribution is 2.31. The fraction of sp³-hybridized carbons (Fsp3) is 0.200. The van der Waals surface area contributed by atoms with Gasteiger partial charge in [-0.3, -0.25) is 4.72 Å². The number of ether oxygens (including phenoxy) is 3. The summed E-state index contributed by atoms with van der Waals surface area (Å²) in [4.78, 5) is -0.244. The highest BCUT2D eigenvalue weighted by Gasteiger charge is 2.31. The van der Waals surface area contributed by atoms with E-state index < -0.39 is 22.1 Å². The lowest BCUT2D eigenvalue weighted by atomic mass is 10.3. The summed E-state index contributed by atoms with van der Waals surface area (Å²) in [6, 6.07) is 8.32. The van der Waals surface area contributed by atoms with Crippen LogP contribution in [0, 0.1) is 0 Å². The number of nitrogens with one attached hydrogen (secondary N) is 1. The molecule has 0 aliphatic carbocycles. The van der Waals surface area contributed by atoms with Crippen LogP contribution in [0.25, 0.3) is 0 Å². The van der Waals surface area contributed by atoms with Crippen molar-refractivity contribution in [2.45, 2.75) is 11.3 Å². The highest BCUT2D eigenvalue weighted by atomic mass is 32.2. The van der Waals surface area contributed by atoms with Crippen molar-refractivity contribution in [3.05, 3.63) is 42.5 Å². The molecule has 1 N–H and O–H groups in total. The van der Waals surface area contributed by atoms with Gasteiger partial charge in [0.2, 0.25) is 0 Å². The summed E-state index contributed by atoms with van der Waals surface area (Å²) in [6.07, 6.45) is -4.85. The molecule has 0 unspecified atom stereocenters. The van der Waals surface area contributed by atoms with Crippen LogP contribution in [0.4, 0.5) is 18.9 Å². The van der Waals surface area contributed by atoms with Gasteiger partial charge < -0.3 is 14.2 Å². The van der Waals surface area contributed by atoms with Gasteiger partial charge in [0.05, 0.1) is 24.8 Å². The van der Waals surface area contributed by atoms with Crippen molar-refractivity contribution in [1.29, 1.82) is 0 Å². The SMILES string of the molecule is COc1ccc(OC)c(NS(=O)(=O)c2ccc(OC(F)(F)F)cc2)c1. The molecule has 0 bridgehead atoms. The number of methoxy groups -OCH3 is 2. The van der Waals surface area contributed by atoms with E-state index in [0.717, 1.165) is 24.3 Å². The van der Waals surface area contributed by atoms with Gasteiger partial charge in [-0.1, -0.05) is 0 Å². The van der Waals surface area contributed by atoms with E-state index in [9.17, 15) is 21.6 Å². The zero-order valence-electron chi connectivity index (χ0n) is 13.1. The largest absolute Gasteiger partial charge is 0.573 e. The Kier molecular flexibility index (Phi) is 5.31. The van der Waals surface area contributed by atoms with Gasteiger partial charge in [0.1, 0.15) is 17.2 Å². The van der Waals surface area contributed by atoms with Crippen LogP contribution in [0.5, 0.6) is 17.2 Å². The lowest BCUT2D eigenvalue weighted by Gasteiger charge is -2.13. The smallest absolute Gasteiger partial charge is 0.497 e. The zero-order valence-corrected chi connectivity index (χ0v) is 13.9. The zero-order chi connectivity index (χ0) is 18.7. The molecule has 0 aromatic heterocycles. The number of benzene rings is 2. The predicted octanol–water partition coefficient (Wildman–Crippen LogP) is 3.40. The van der Waals surface area contributed by atoms with Gasteiger partial charge in [-0.15, -0.1) is 13.2 Å². The molecule has 0 amide bonds. The van der Waals surface area contributed by atoms with Crippen LogP contribution in [0.15, 0.2) is 47.4 Å². The number of hydrogen-bond donors (Lipinski definition) is 1. The Balaban J connectivity index is 2.27. The van der Waals surface area contributed by atoms with Gasteiger partial charge in [0.15, 0.2) is 0 Å². The Hall–Kier alpha value is -2.62. The summed E-state index contributed by atoms with van der Waals surface area (Å²) < 4.78 is 77.3. The highest BCUT2D eigenvalue weighted by molar-refractivity contribution is 7.92. The molecule has 0 aliphatic rings. The first kappa shape index (κ1) is 18.7. The van der Waals surface area contributed by atoms with Crippen LogP contribution in [-0.2, 0) is 10.0 Å². The molecule has 0 radical (unpaired) electrons. The maximum Gasteiger partial charge on any atom is 0.573 e. The number of hydrogen-bond acceptors (Lipinski definition) is 5. The molecule has 136 valence electrons. The van der Waals surface area contributed by atoms with Crippen LogP contribution >= 0.6 is 0 Å². The molecule has 10 heteroatoms. The van der Waals surface area contributed by atoms with Crippen LogP contribution < -0.4 is 18.9 Å². The van der Waals surface area contributed by atoms with E-state index in [1.54, 1.807) is 6.07 Å². The third kappa shape index (κ3) is 4.92. The molecule has 0 fully saturated rings. The fourth-order valence-electron chi connectivity index (χ4n) is 1.92. The molecule has 25 heavy (non-hydrogen) atoms. The fourth-order valence-corrected chi connectivity index (χ4v) is 2.98. The van der Waals surface area contributed by atoms with Crippen molar-refractivity contribution in [2.24, 2.45) is 0 Å². The maximum atomic E-state index is 12.4. The molecule has 0 saturated carbocycles. The Morgan fingerprint density at radius 3 is 2.04 bits per heavy atom. The van der Waals surface area contributed by atoms with Crippen molar-refractivity contribution in [3.8, 4) is 17.2 Å². The summed E-state index contributed by atoms with van der Waals surface area (Å²) in [5.74, 6) is 0.124. The van der Waals surface area contributed by atoms with E-state index in [1.165, 1.54) is 26.4 Å². The molecule has 0 spiro atoms. The van der Waals surface area contributed by atoms with E-state index in [-0.39, 0.29) is 16.3 Å². The Bertz CT molecular complexity index is 835. The third-order valence-corrected chi connectivity index (χ3v) is 4.40. The number of halogens is 3. The molecular formula is C15H14F3NO5S. The van der Waals surface area contributed by atoms with Gasteiger partial charge in [-0.25, -0.2) is 8.42 Å². The number of alkyl halides is 3. The average Bonchev–Trinajstić information content (AvgIpc) is 2.53. The standard InChI is InChI=1S/C15H14F3NO5S/c1-22-11-5-8-14(23-2)13(9-11)19-25(20,21)12-6-3-10(4-7-12)24-15(16,17)18/h3-9,19H,1-2H3. The van der Waals surface area contributed by atoms with Crippen molar-refractivity contribution in [3.63, 3.8) is 0 Å². The summed E-state index contributed by atoms with van der Waals surface area (Å²) >= 11 is 0. The average molecular weight is 377 g/mol. The molecular weight excluding hydrogens is 363 g/mol. The first-order valence-corrected chi connectivity index (χ1v) is 8.23. The lowest BCUT2D eigenvalue weighted by molar-refractivity contribution is -0.274. The van der Waals surface area contributed by atoms with Gasteiger partial charge in [-0.2, -0.15) is 0 Å². The van der Waals surface area contributed by atoms with Crippen molar-refractivity contribution in [2.75, 3.05) is 18.9 Å². The minimum absolute atomic E-state index is 0.123. The van der Waals surface area contributed by atoms with Crippen molar-refractivity contribution in [1.82, 2.24) is 0 Å². The second kappa shape index (κ2) is 7.09. The molecule has 2 aromatic carbocycles. The minimum Gasteiger partial charge on any atom is -0.497 e. The van der Waals surface area contributed by atoms with E-state index in [4.69, 9.17) is 9.47 Å². The van der Waals surface area contributed by atoms with E-state index >= 15 is 0 Å². The molecule has 0 saturated heterocycles. The first-order chi connectivity index (χ1) is 11.6. The summed E-state index contributed by atoms with van der Waals surface area (Å²) in [6.45, 7) is 0. The van der Waals surface area contributed by atoms with Crippen molar-refractivity contribution >= 4 is 15.7 Å². The number of anilines is 1. The number of sulfonamides is 1. The van der Waals surface area contributed by atoms with Crippen LogP contribution in [0.3, 0.4) is 0 Å². The molecule has 6 nitrogen and oxygen atoms in total. The topological polar surface area (TPSA) is 73.9 Å². The second-order valence-corrected chi connectivity index (χ2v) is 6.37. The third-order valence-electron chi connectivity index (χ3n) is 3.02. The van der Waals surface area contributed by atoms with Crippen LogP contribution in [-0.4, -0.2) is 29.0 Å². The summed E-state index contributed by atoms with van der Waals surface area (Å²) in [5, 5.41) is 0. The Labute approximate surface area is 142 Å². The molecule has 2 aromatic rings. The van der Waals surface area contributed by atoms with Gasteiger partial charge in [-0.05, 0) is 36.4 Å². The summed E-state index contributed by atoms with van der Waals surface area (Å²) in [7, 11) is -1.27. The van der Waals surface area contributed by atoms with Crippen LogP contribution in [0.1, 0.15) is 0 Å². The quantitative estimate of drug-likeness (QED) is 0.835. The second-order valence-electron chi connectivity index (χ2n) is 4.69. The van der Waals surface area contributed by atoms with Gasteiger partial charge >= 0.3 is 6.36 Å². The van der Waals surface area contributed by atoms with Crippen LogP contribution in [0.2, 0.25) is 0 Å². The monoisotopic (exact) mass is 377 g/mol. The Morgan fingerprint density at radius 1 is 0.920 bits per heavy atom. The molecule has 2 rings (SSSR count). The van der Waals surface area contributed by atoms with Crippen molar-refractivity contribution < 1.29 is 35.8 Å². The van der Waals surface area contributed by atoms with Gasteiger partial charge in [0.25, 0.3) is 10.0 Å². The first-order valence-electron chi connectivity index (χ1n) is 6.75. The van der Waals surface area contributed by atoms with E-state index in [0.29, 0.717) is 5.75 Å². The summed E-state index contributed by atoms with van der Waals surface area (Å²) in [5.41, 5.74) is 0.123. The number of rotatable bonds is 6. The Morgan fingerprint density at radius 2 is 1.52 bits per heavy atom. The van der Waals surface area contributed by atoms with E-state index in [1.807, 2.05) is 0 Å². The van der Waals surface area contributed by atoms with E-state index in [2.05, 4.69) is 9.46 Å². The molecule has 0 heterocycles. The predicted molar refractivity (Wildman–Crippen MR) is 83.5 cm³/mol. The maximum absolute atomic E-state index is 12.4. The van der Waals surface area contributed by atoms with Gasteiger partial charge in [0, 0.05) is 6.07 Å². The molecule has 0 aliphatic heterocycles. The molecule has 0 atom stereocenters. The normalized spacial score (nSPS) is 11.7. The lowest BCUT2D eigenvalue weighted by Crippen LogP contribution is -2.17. The minimum atomic E-state index is -4.85.